The molecule has 4 heterocycles. The zero-order valence-corrected chi connectivity index (χ0v) is 19.1. The van der Waals surface area contributed by atoms with Crippen molar-refractivity contribution in [1.29, 1.82) is 0 Å². The fourth-order valence-corrected chi connectivity index (χ4v) is 5.49. The van der Waals surface area contributed by atoms with Crippen molar-refractivity contribution in [2.45, 2.75) is 31.6 Å². The molecule has 1 aromatic carbocycles. The van der Waals surface area contributed by atoms with E-state index in [2.05, 4.69) is 44.8 Å². The molecule has 7 heteroatoms. The van der Waals surface area contributed by atoms with Gasteiger partial charge in [0.05, 0.1) is 5.39 Å². The zero-order chi connectivity index (χ0) is 22.2. The highest BCUT2D eigenvalue weighted by molar-refractivity contribution is 7.17. The summed E-state index contributed by atoms with van der Waals surface area (Å²) in [5, 5.41) is 6.32. The lowest BCUT2D eigenvalue weighted by atomic mass is 9.95. The van der Waals surface area contributed by atoms with Gasteiger partial charge in [-0.3, -0.25) is 4.79 Å². The monoisotopic (exact) mass is 455 g/mol. The summed E-state index contributed by atoms with van der Waals surface area (Å²) in [4.78, 5) is 30.5. The minimum absolute atomic E-state index is 0.0143. The molecule has 0 unspecified atom stereocenters. The van der Waals surface area contributed by atoms with Gasteiger partial charge in [-0.25, -0.2) is 15.0 Å². The van der Waals surface area contributed by atoms with E-state index in [4.69, 9.17) is 9.97 Å². The van der Waals surface area contributed by atoms with E-state index in [1.165, 1.54) is 24.0 Å². The van der Waals surface area contributed by atoms with Gasteiger partial charge in [0, 0.05) is 42.1 Å². The first-order valence-corrected chi connectivity index (χ1v) is 12.5. The Bertz CT molecular complexity index is 1280. The van der Waals surface area contributed by atoms with Crippen LogP contribution in [0.4, 0.5) is 11.6 Å². The summed E-state index contributed by atoms with van der Waals surface area (Å²) in [6.07, 6.45) is 5.65. The smallest absolute Gasteiger partial charge is 0.228 e. The van der Waals surface area contributed by atoms with Gasteiger partial charge >= 0.3 is 0 Å². The number of carbonyl (C=O) groups excluding carboxylic acids is 1. The topological polar surface area (TPSA) is 71.0 Å². The van der Waals surface area contributed by atoms with Crippen LogP contribution < -0.4 is 10.2 Å². The van der Waals surface area contributed by atoms with E-state index in [1.54, 1.807) is 17.5 Å². The molecule has 6 rings (SSSR count). The summed E-state index contributed by atoms with van der Waals surface area (Å²) < 4.78 is 0. The summed E-state index contributed by atoms with van der Waals surface area (Å²) >= 11 is 1.70. The van der Waals surface area contributed by atoms with Gasteiger partial charge in [0.1, 0.15) is 22.3 Å². The first-order chi connectivity index (χ1) is 16.3. The van der Waals surface area contributed by atoms with E-state index < -0.39 is 0 Å². The Morgan fingerprint density at radius 3 is 2.48 bits per heavy atom. The van der Waals surface area contributed by atoms with Crippen molar-refractivity contribution in [2.75, 3.05) is 23.3 Å². The highest BCUT2D eigenvalue weighted by atomic mass is 32.1. The fraction of sp³-hybridized carbons (Fsp3) is 0.308. The van der Waals surface area contributed by atoms with Gasteiger partial charge in [-0.15, -0.1) is 11.3 Å². The fourth-order valence-electron chi connectivity index (χ4n) is 4.54. The highest BCUT2D eigenvalue weighted by Crippen LogP contribution is 2.44. The van der Waals surface area contributed by atoms with Crippen LogP contribution in [0.5, 0.6) is 0 Å². The van der Waals surface area contributed by atoms with Crippen LogP contribution in [-0.2, 0) is 4.79 Å². The molecule has 1 saturated carbocycles. The van der Waals surface area contributed by atoms with Gasteiger partial charge < -0.3 is 10.2 Å². The summed E-state index contributed by atoms with van der Waals surface area (Å²) in [5.74, 6) is 3.17. The maximum Gasteiger partial charge on any atom is 0.228 e. The molecule has 1 amide bonds. The molecule has 1 aliphatic heterocycles. The van der Waals surface area contributed by atoms with Crippen molar-refractivity contribution in [3.8, 4) is 11.1 Å². The van der Waals surface area contributed by atoms with Crippen molar-refractivity contribution in [1.82, 2.24) is 15.0 Å². The first-order valence-electron chi connectivity index (χ1n) is 11.6. The van der Waals surface area contributed by atoms with E-state index in [9.17, 15) is 4.79 Å². The third-order valence-electron chi connectivity index (χ3n) is 6.54. The van der Waals surface area contributed by atoms with Gasteiger partial charge in [-0.2, -0.15) is 0 Å². The molecule has 1 saturated heterocycles. The molecule has 0 radical (unpaired) electrons. The Hall–Kier alpha value is -3.32. The summed E-state index contributed by atoms with van der Waals surface area (Å²) in [6.45, 7) is 1.61. The number of aromatic nitrogens is 3. The van der Waals surface area contributed by atoms with Crippen LogP contribution in [-0.4, -0.2) is 33.9 Å². The van der Waals surface area contributed by atoms with Crippen molar-refractivity contribution in [2.24, 2.45) is 5.92 Å². The maximum absolute atomic E-state index is 12.8. The maximum atomic E-state index is 12.8. The second-order valence-corrected chi connectivity index (χ2v) is 9.70. The highest BCUT2D eigenvalue weighted by Gasteiger charge is 2.31. The number of thiophene rings is 1. The number of carbonyl (C=O) groups is 1. The predicted molar refractivity (Wildman–Crippen MR) is 133 cm³/mol. The van der Waals surface area contributed by atoms with Crippen LogP contribution in [0.3, 0.4) is 0 Å². The normalized spacial score (nSPS) is 16.8. The third kappa shape index (κ3) is 4.09. The van der Waals surface area contributed by atoms with Crippen molar-refractivity contribution in [3.05, 3.63) is 65.9 Å². The summed E-state index contributed by atoms with van der Waals surface area (Å²) in [7, 11) is 0. The quantitative estimate of drug-likeness (QED) is 0.431. The Morgan fingerprint density at radius 2 is 1.76 bits per heavy atom. The number of rotatable bonds is 5. The molecular formula is C26H25N5OS. The molecule has 2 aliphatic rings. The van der Waals surface area contributed by atoms with Crippen LogP contribution in [0.25, 0.3) is 21.3 Å². The van der Waals surface area contributed by atoms with E-state index in [0.29, 0.717) is 11.7 Å². The Labute approximate surface area is 196 Å². The molecule has 33 heavy (non-hydrogen) atoms. The number of benzene rings is 1. The van der Waals surface area contributed by atoms with Crippen LogP contribution in [0.1, 0.15) is 37.4 Å². The number of amides is 1. The number of nitrogens with zero attached hydrogens (tertiary/aromatic N) is 4. The van der Waals surface area contributed by atoms with Gasteiger partial charge in [-0.1, -0.05) is 36.4 Å². The Balaban J connectivity index is 1.28. The minimum atomic E-state index is -0.0143. The molecule has 166 valence electrons. The number of nitrogens with one attached hydrogen (secondary N) is 1. The Kier molecular flexibility index (Phi) is 5.26. The molecule has 0 bridgehead atoms. The van der Waals surface area contributed by atoms with Gasteiger partial charge in [0.25, 0.3) is 0 Å². The lowest BCUT2D eigenvalue weighted by Gasteiger charge is -2.32. The number of anilines is 2. The molecule has 1 aliphatic carbocycles. The largest absolute Gasteiger partial charge is 0.356 e. The lowest BCUT2D eigenvalue weighted by molar-refractivity contribution is -0.120. The van der Waals surface area contributed by atoms with Crippen LogP contribution in [0.2, 0.25) is 0 Å². The first kappa shape index (κ1) is 20.3. The summed E-state index contributed by atoms with van der Waals surface area (Å²) in [6, 6.07) is 16.0. The predicted octanol–water partition coefficient (Wildman–Crippen LogP) is 5.49. The zero-order valence-electron chi connectivity index (χ0n) is 18.3. The van der Waals surface area contributed by atoms with E-state index in [0.717, 1.165) is 47.8 Å². The van der Waals surface area contributed by atoms with E-state index in [-0.39, 0.29) is 11.8 Å². The third-order valence-corrected chi connectivity index (χ3v) is 7.41. The average Bonchev–Trinajstić information content (AvgIpc) is 3.64. The molecule has 2 fully saturated rings. The second-order valence-electron chi connectivity index (χ2n) is 8.84. The van der Waals surface area contributed by atoms with Crippen LogP contribution in [0, 0.1) is 5.92 Å². The van der Waals surface area contributed by atoms with Crippen LogP contribution in [0.15, 0.2) is 60.1 Å². The van der Waals surface area contributed by atoms with Crippen molar-refractivity contribution in [3.63, 3.8) is 0 Å². The number of fused-ring (bicyclic) bond motifs is 1. The molecule has 4 aromatic rings. The van der Waals surface area contributed by atoms with Gasteiger partial charge in [0.2, 0.25) is 5.91 Å². The molecule has 0 atom stereocenters. The second kappa shape index (κ2) is 8.56. The van der Waals surface area contributed by atoms with Gasteiger partial charge in [0.15, 0.2) is 0 Å². The molecule has 6 nitrogen and oxygen atoms in total. The number of hydrogen-bond acceptors (Lipinski definition) is 6. The SMILES string of the molecule is O=C(Nc1ccccn1)C1CCN(c2nc(C3CC3)nc3scc(-c4ccccc4)c23)CC1. The minimum Gasteiger partial charge on any atom is -0.356 e. The standard InChI is InChI=1S/C26H25N5OS/c32-25(28-21-8-4-5-13-27-21)19-11-14-31(15-12-19)24-22-20(17-6-2-1-3-7-17)16-33-26(22)30-23(29-24)18-9-10-18/h1-8,13,16,18-19H,9-12,14-15H2,(H,27,28,32). The van der Waals surface area contributed by atoms with Crippen molar-refractivity contribution < 1.29 is 4.79 Å². The number of pyridine rings is 1. The molecular weight excluding hydrogens is 430 g/mol. The van der Waals surface area contributed by atoms with Crippen LogP contribution >= 0.6 is 11.3 Å². The number of hydrogen-bond donors (Lipinski definition) is 1. The Morgan fingerprint density at radius 1 is 0.970 bits per heavy atom. The number of piperidine rings is 1. The van der Waals surface area contributed by atoms with E-state index in [1.807, 2.05) is 24.3 Å². The van der Waals surface area contributed by atoms with Gasteiger partial charge in [-0.05, 0) is 43.4 Å². The molecule has 0 spiro atoms. The molecule has 3 aromatic heterocycles. The molecule has 1 N–H and O–H groups in total. The van der Waals surface area contributed by atoms with E-state index >= 15 is 0 Å². The summed E-state index contributed by atoms with van der Waals surface area (Å²) in [5.41, 5.74) is 2.39. The van der Waals surface area contributed by atoms with Crippen molar-refractivity contribution >= 4 is 39.1 Å². The lowest BCUT2D eigenvalue weighted by Crippen LogP contribution is -2.39. The average molecular weight is 456 g/mol.